The van der Waals surface area contributed by atoms with Gasteiger partial charge in [0.15, 0.2) is 0 Å². The van der Waals surface area contributed by atoms with Crippen LogP contribution in [-0.4, -0.2) is 15.9 Å². The number of rotatable bonds is 7. The molecule has 5 nitrogen and oxygen atoms in total. The molecule has 1 atom stereocenters. The van der Waals surface area contributed by atoms with Crippen molar-refractivity contribution in [3.8, 4) is 5.75 Å². The Balaban J connectivity index is 1.62. The molecule has 0 saturated carbocycles. The second-order valence-corrected chi connectivity index (χ2v) is 10.9. The van der Waals surface area contributed by atoms with E-state index in [9.17, 15) is 4.79 Å². The molecule has 3 aromatic carbocycles. The number of fused-ring (bicyclic) bond motifs is 1. The van der Waals surface area contributed by atoms with Crippen LogP contribution < -0.4 is 10.3 Å². The van der Waals surface area contributed by atoms with Gasteiger partial charge in [-0.3, -0.25) is 4.79 Å². The van der Waals surface area contributed by atoms with Crippen LogP contribution in [0.25, 0.3) is 10.9 Å². The Bertz CT molecular complexity index is 1490. The van der Waals surface area contributed by atoms with Crippen LogP contribution in [0.3, 0.4) is 0 Å². The van der Waals surface area contributed by atoms with E-state index in [0.717, 1.165) is 31.3 Å². The molecule has 0 aliphatic rings. The minimum Gasteiger partial charge on any atom is -0.488 e. The van der Waals surface area contributed by atoms with Gasteiger partial charge >= 0.3 is 0 Å². The molecule has 180 valence electrons. The van der Waals surface area contributed by atoms with Crippen LogP contribution in [0.15, 0.2) is 69.0 Å². The van der Waals surface area contributed by atoms with Crippen molar-refractivity contribution in [1.82, 2.24) is 9.66 Å². The van der Waals surface area contributed by atoms with E-state index in [4.69, 9.17) is 32.9 Å². The van der Waals surface area contributed by atoms with Crippen LogP contribution in [0.1, 0.15) is 43.1 Å². The fourth-order valence-corrected chi connectivity index (χ4v) is 4.93. The lowest BCUT2D eigenvalue weighted by molar-refractivity contribution is 0.304. The van der Waals surface area contributed by atoms with Gasteiger partial charge in [0.1, 0.15) is 18.2 Å². The summed E-state index contributed by atoms with van der Waals surface area (Å²) in [6, 6.07) is 16.6. The van der Waals surface area contributed by atoms with Gasteiger partial charge in [0.2, 0.25) is 0 Å². The highest BCUT2D eigenvalue weighted by atomic mass is 127. The lowest BCUT2D eigenvalue weighted by Gasteiger charge is -2.14. The van der Waals surface area contributed by atoms with Gasteiger partial charge < -0.3 is 4.74 Å². The van der Waals surface area contributed by atoms with E-state index in [1.54, 1.807) is 24.4 Å². The Labute approximate surface area is 235 Å². The van der Waals surface area contributed by atoms with Crippen LogP contribution in [-0.2, 0) is 6.61 Å². The van der Waals surface area contributed by atoms with E-state index < -0.39 is 0 Å². The lowest BCUT2D eigenvalue weighted by atomic mass is 10.1. The van der Waals surface area contributed by atoms with Gasteiger partial charge in [-0.25, -0.2) is 4.98 Å². The number of hydrogen-bond acceptors (Lipinski definition) is 4. The van der Waals surface area contributed by atoms with Gasteiger partial charge in [0.25, 0.3) is 5.56 Å². The monoisotopic (exact) mass is 683 g/mol. The molecule has 0 bridgehead atoms. The zero-order chi connectivity index (χ0) is 25.1. The van der Waals surface area contributed by atoms with Crippen molar-refractivity contribution in [3.63, 3.8) is 0 Å². The number of ether oxygens (including phenoxy) is 1. The van der Waals surface area contributed by atoms with Gasteiger partial charge in [-0.1, -0.05) is 59.0 Å². The zero-order valence-electron chi connectivity index (χ0n) is 18.9. The zero-order valence-corrected chi connectivity index (χ0v) is 24.2. The largest absolute Gasteiger partial charge is 0.488 e. The summed E-state index contributed by atoms with van der Waals surface area (Å²) >= 11 is 17.9. The molecule has 1 aromatic heterocycles. The molecule has 4 aromatic rings. The maximum absolute atomic E-state index is 13.3. The molecular weight excluding hydrogens is 664 g/mol. The first-order chi connectivity index (χ1) is 16.8. The summed E-state index contributed by atoms with van der Waals surface area (Å²) in [7, 11) is 0. The molecule has 4 rings (SSSR count). The first-order valence-electron chi connectivity index (χ1n) is 10.9. The molecule has 35 heavy (non-hydrogen) atoms. The second-order valence-electron chi connectivity index (χ2n) is 8.02. The van der Waals surface area contributed by atoms with E-state index in [1.165, 1.54) is 4.68 Å². The molecule has 0 unspecified atom stereocenters. The summed E-state index contributed by atoms with van der Waals surface area (Å²) < 4.78 is 9.09. The van der Waals surface area contributed by atoms with Gasteiger partial charge in [-0.15, -0.1) is 0 Å². The topological polar surface area (TPSA) is 56.5 Å². The lowest BCUT2D eigenvalue weighted by Crippen LogP contribution is -2.23. The average Bonchev–Trinajstić information content (AvgIpc) is 2.83. The highest BCUT2D eigenvalue weighted by Gasteiger charge is 2.15. The summed E-state index contributed by atoms with van der Waals surface area (Å²) in [4.78, 5) is 18.0. The van der Waals surface area contributed by atoms with Crippen molar-refractivity contribution in [1.29, 1.82) is 0 Å². The normalized spacial score (nSPS) is 12.4. The first kappa shape index (κ1) is 26.1. The van der Waals surface area contributed by atoms with Gasteiger partial charge in [-0.2, -0.15) is 9.78 Å². The summed E-state index contributed by atoms with van der Waals surface area (Å²) in [5, 5.41) is 6.20. The summed E-state index contributed by atoms with van der Waals surface area (Å²) in [6.07, 6.45) is 2.51. The summed E-state index contributed by atoms with van der Waals surface area (Å²) in [5.74, 6) is 1.44. The standard InChI is InChI=1S/C26H21BrCl2IN3O2/c1-3-15(2)25-32-23-8-6-18(27)11-20(23)26(34)33(25)31-13-16-4-9-24(22(30)10-16)35-14-17-5-7-19(28)12-21(17)29/h4-13,15H,3,14H2,1-2H3/t15-/m0/s1. The fourth-order valence-electron chi connectivity index (χ4n) is 3.41. The van der Waals surface area contributed by atoms with Crippen LogP contribution >= 0.6 is 61.7 Å². The van der Waals surface area contributed by atoms with Crippen molar-refractivity contribution in [2.45, 2.75) is 32.8 Å². The molecule has 0 aliphatic heterocycles. The molecule has 0 radical (unpaired) electrons. The molecule has 0 fully saturated rings. The fraction of sp³-hybridized carbons (Fsp3) is 0.192. The number of aromatic nitrogens is 2. The number of nitrogens with zero attached hydrogens (tertiary/aromatic N) is 3. The van der Waals surface area contributed by atoms with E-state index in [2.05, 4.69) is 50.5 Å². The Morgan fingerprint density at radius 2 is 1.97 bits per heavy atom. The third kappa shape index (κ3) is 6.07. The van der Waals surface area contributed by atoms with Crippen molar-refractivity contribution < 1.29 is 4.74 Å². The molecule has 1 heterocycles. The molecule has 0 spiro atoms. The molecule has 9 heteroatoms. The van der Waals surface area contributed by atoms with Crippen LogP contribution in [0.5, 0.6) is 5.75 Å². The maximum atomic E-state index is 13.3. The SMILES string of the molecule is CC[C@H](C)c1nc2ccc(Br)cc2c(=O)n1N=Cc1ccc(OCc2ccc(Cl)cc2Cl)c(I)c1. The summed E-state index contributed by atoms with van der Waals surface area (Å²) in [6.45, 7) is 4.43. The Morgan fingerprint density at radius 3 is 2.69 bits per heavy atom. The number of benzene rings is 3. The predicted octanol–water partition coefficient (Wildman–Crippen LogP) is 8.05. The van der Waals surface area contributed by atoms with Gasteiger partial charge in [-0.05, 0) is 83.1 Å². The third-order valence-corrected chi connectivity index (χ3v) is 7.49. The minimum atomic E-state index is -0.197. The Kier molecular flexibility index (Phi) is 8.52. The molecule has 0 N–H and O–H groups in total. The average molecular weight is 685 g/mol. The highest BCUT2D eigenvalue weighted by molar-refractivity contribution is 14.1. The van der Waals surface area contributed by atoms with E-state index in [-0.39, 0.29) is 11.5 Å². The number of hydrogen-bond donors (Lipinski definition) is 0. The quantitative estimate of drug-likeness (QED) is 0.146. The van der Waals surface area contributed by atoms with Crippen molar-refractivity contribution >= 4 is 78.8 Å². The van der Waals surface area contributed by atoms with Crippen molar-refractivity contribution in [3.05, 3.63) is 100.0 Å². The smallest absolute Gasteiger partial charge is 0.282 e. The maximum Gasteiger partial charge on any atom is 0.282 e. The predicted molar refractivity (Wildman–Crippen MR) is 155 cm³/mol. The molecular formula is C26H21BrCl2IN3O2. The summed E-state index contributed by atoms with van der Waals surface area (Å²) in [5.41, 5.74) is 2.15. The molecule has 0 amide bonds. The van der Waals surface area contributed by atoms with Crippen molar-refractivity contribution in [2.75, 3.05) is 0 Å². The van der Waals surface area contributed by atoms with E-state index in [0.29, 0.717) is 33.4 Å². The van der Waals surface area contributed by atoms with Crippen molar-refractivity contribution in [2.24, 2.45) is 5.10 Å². The molecule has 0 aliphatic carbocycles. The van der Waals surface area contributed by atoms with E-state index >= 15 is 0 Å². The number of halogens is 4. The molecule has 0 saturated heterocycles. The third-order valence-electron chi connectivity index (χ3n) is 5.56. The van der Waals surface area contributed by atoms with Crippen LogP contribution in [0, 0.1) is 3.57 Å². The second kappa shape index (κ2) is 11.4. The minimum absolute atomic E-state index is 0.0727. The van der Waals surface area contributed by atoms with Gasteiger partial charge in [0.05, 0.1) is 20.7 Å². The van der Waals surface area contributed by atoms with Gasteiger partial charge in [0, 0.05) is 26.0 Å². The Morgan fingerprint density at radius 1 is 1.17 bits per heavy atom. The Hall–Kier alpha value is -1.94. The van der Waals surface area contributed by atoms with Crippen LogP contribution in [0.4, 0.5) is 0 Å². The first-order valence-corrected chi connectivity index (χ1v) is 13.5. The van der Waals surface area contributed by atoms with E-state index in [1.807, 2.05) is 43.3 Å². The highest BCUT2D eigenvalue weighted by Crippen LogP contribution is 2.26. The van der Waals surface area contributed by atoms with Crippen LogP contribution in [0.2, 0.25) is 10.0 Å².